The van der Waals surface area contributed by atoms with Crippen molar-refractivity contribution in [3.8, 4) is 16.9 Å². The monoisotopic (exact) mass is 378 g/mol. The SMILES string of the molecule is Cc1cc(I)cc(-c2ccc(OC(F)(F)F)cc2)c1. The molecule has 0 aliphatic carbocycles. The molecule has 0 spiro atoms. The highest BCUT2D eigenvalue weighted by atomic mass is 127. The molecule has 0 saturated carbocycles. The zero-order chi connectivity index (χ0) is 14.0. The highest BCUT2D eigenvalue weighted by Gasteiger charge is 2.30. The van der Waals surface area contributed by atoms with E-state index in [0.29, 0.717) is 0 Å². The van der Waals surface area contributed by atoms with Crippen molar-refractivity contribution in [3.05, 3.63) is 51.6 Å². The highest BCUT2D eigenvalue weighted by molar-refractivity contribution is 14.1. The molecule has 0 aliphatic rings. The van der Waals surface area contributed by atoms with Gasteiger partial charge in [0, 0.05) is 3.57 Å². The molecule has 0 radical (unpaired) electrons. The van der Waals surface area contributed by atoms with Crippen LogP contribution in [0, 0.1) is 10.5 Å². The summed E-state index contributed by atoms with van der Waals surface area (Å²) in [6.07, 6.45) is -4.65. The average Bonchev–Trinajstić information content (AvgIpc) is 2.26. The Morgan fingerprint density at radius 3 is 2.11 bits per heavy atom. The van der Waals surface area contributed by atoms with E-state index < -0.39 is 6.36 Å². The van der Waals surface area contributed by atoms with E-state index in [1.165, 1.54) is 12.1 Å². The molecule has 0 amide bonds. The molecular formula is C14H10F3IO. The molecule has 19 heavy (non-hydrogen) atoms. The largest absolute Gasteiger partial charge is 0.573 e. The minimum atomic E-state index is -4.65. The van der Waals surface area contributed by atoms with Crippen LogP contribution < -0.4 is 4.74 Å². The summed E-state index contributed by atoms with van der Waals surface area (Å²) in [4.78, 5) is 0. The quantitative estimate of drug-likeness (QED) is 0.656. The molecule has 1 nitrogen and oxygen atoms in total. The Labute approximate surface area is 122 Å². The molecule has 0 atom stereocenters. The summed E-state index contributed by atoms with van der Waals surface area (Å²) in [5.74, 6) is -0.210. The van der Waals surface area contributed by atoms with Crippen LogP contribution in [-0.2, 0) is 0 Å². The molecule has 0 N–H and O–H groups in total. The molecule has 2 aromatic carbocycles. The van der Waals surface area contributed by atoms with Crippen molar-refractivity contribution in [2.45, 2.75) is 13.3 Å². The summed E-state index contributed by atoms with van der Waals surface area (Å²) in [6, 6.07) is 11.9. The van der Waals surface area contributed by atoms with Crippen LogP contribution in [-0.4, -0.2) is 6.36 Å². The number of alkyl halides is 3. The van der Waals surface area contributed by atoms with Crippen LogP contribution in [0.5, 0.6) is 5.75 Å². The fourth-order valence-corrected chi connectivity index (χ4v) is 2.58. The maximum Gasteiger partial charge on any atom is 0.573 e. The second kappa shape index (κ2) is 5.40. The maximum atomic E-state index is 12.0. The van der Waals surface area contributed by atoms with Gasteiger partial charge in [-0.1, -0.05) is 18.2 Å². The van der Waals surface area contributed by atoms with Crippen molar-refractivity contribution in [2.75, 3.05) is 0 Å². The van der Waals surface area contributed by atoms with Crippen molar-refractivity contribution < 1.29 is 17.9 Å². The van der Waals surface area contributed by atoms with E-state index in [2.05, 4.69) is 27.3 Å². The van der Waals surface area contributed by atoms with Gasteiger partial charge in [0.15, 0.2) is 0 Å². The normalized spacial score (nSPS) is 11.4. The van der Waals surface area contributed by atoms with Crippen molar-refractivity contribution in [1.29, 1.82) is 0 Å². The molecule has 0 bridgehead atoms. The third-order valence-electron chi connectivity index (χ3n) is 2.46. The van der Waals surface area contributed by atoms with Gasteiger partial charge in [-0.05, 0) is 70.5 Å². The number of ether oxygens (including phenoxy) is 1. The highest BCUT2D eigenvalue weighted by Crippen LogP contribution is 2.27. The summed E-state index contributed by atoms with van der Waals surface area (Å²) < 4.78 is 41.1. The minimum absolute atomic E-state index is 0.210. The second-order valence-electron chi connectivity index (χ2n) is 4.09. The summed E-state index contributed by atoms with van der Waals surface area (Å²) in [6.45, 7) is 1.98. The van der Waals surface area contributed by atoms with Crippen LogP contribution in [0.2, 0.25) is 0 Å². The fourth-order valence-electron chi connectivity index (χ4n) is 1.75. The molecule has 0 aliphatic heterocycles. The van der Waals surface area contributed by atoms with Gasteiger partial charge in [0.05, 0.1) is 0 Å². The average molecular weight is 378 g/mol. The van der Waals surface area contributed by atoms with E-state index in [1.807, 2.05) is 25.1 Å². The first-order chi connectivity index (χ1) is 8.83. The van der Waals surface area contributed by atoms with Gasteiger partial charge in [-0.25, -0.2) is 0 Å². The van der Waals surface area contributed by atoms with Crippen molar-refractivity contribution in [3.63, 3.8) is 0 Å². The molecule has 0 aromatic heterocycles. The Kier molecular flexibility index (Phi) is 4.03. The topological polar surface area (TPSA) is 9.23 Å². The third kappa shape index (κ3) is 4.12. The molecule has 0 unspecified atom stereocenters. The molecule has 100 valence electrons. The summed E-state index contributed by atoms with van der Waals surface area (Å²) in [5, 5.41) is 0. The lowest BCUT2D eigenvalue weighted by Gasteiger charge is -2.10. The van der Waals surface area contributed by atoms with Crippen LogP contribution in [0.4, 0.5) is 13.2 Å². The molecular weight excluding hydrogens is 368 g/mol. The molecule has 0 saturated heterocycles. The van der Waals surface area contributed by atoms with Gasteiger partial charge in [-0.15, -0.1) is 13.2 Å². The van der Waals surface area contributed by atoms with Crippen LogP contribution in [0.1, 0.15) is 5.56 Å². The molecule has 0 fully saturated rings. The van der Waals surface area contributed by atoms with E-state index >= 15 is 0 Å². The number of aryl methyl sites for hydroxylation is 1. The van der Waals surface area contributed by atoms with E-state index in [9.17, 15) is 13.2 Å². The lowest BCUT2D eigenvalue weighted by atomic mass is 10.0. The minimum Gasteiger partial charge on any atom is -0.406 e. The molecule has 5 heteroatoms. The Balaban J connectivity index is 2.27. The predicted molar refractivity (Wildman–Crippen MR) is 76.0 cm³/mol. The first-order valence-electron chi connectivity index (χ1n) is 5.47. The maximum absolute atomic E-state index is 12.0. The van der Waals surface area contributed by atoms with Gasteiger partial charge in [0.2, 0.25) is 0 Å². The number of hydrogen-bond acceptors (Lipinski definition) is 1. The number of hydrogen-bond donors (Lipinski definition) is 0. The summed E-state index contributed by atoms with van der Waals surface area (Å²) in [5.41, 5.74) is 2.94. The Hall–Kier alpha value is -1.24. The molecule has 2 rings (SSSR count). The number of halogens is 4. The van der Waals surface area contributed by atoms with Gasteiger partial charge in [-0.2, -0.15) is 0 Å². The van der Waals surface area contributed by atoms with Crippen molar-refractivity contribution in [2.24, 2.45) is 0 Å². The third-order valence-corrected chi connectivity index (χ3v) is 3.09. The van der Waals surface area contributed by atoms with E-state index in [-0.39, 0.29) is 5.75 Å². The molecule has 0 heterocycles. The van der Waals surface area contributed by atoms with Crippen LogP contribution >= 0.6 is 22.6 Å². The first kappa shape index (κ1) is 14.2. The van der Waals surface area contributed by atoms with Gasteiger partial charge in [0.1, 0.15) is 5.75 Å². The number of rotatable bonds is 2. The van der Waals surface area contributed by atoms with Gasteiger partial charge in [-0.3, -0.25) is 0 Å². The van der Waals surface area contributed by atoms with Crippen molar-refractivity contribution in [1.82, 2.24) is 0 Å². The first-order valence-corrected chi connectivity index (χ1v) is 6.55. The molecule has 2 aromatic rings. The zero-order valence-electron chi connectivity index (χ0n) is 9.96. The Morgan fingerprint density at radius 2 is 1.58 bits per heavy atom. The van der Waals surface area contributed by atoms with Gasteiger partial charge >= 0.3 is 6.36 Å². The Bertz CT molecular complexity index is 556. The second-order valence-corrected chi connectivity index (χ2v) is 5.34. The van der Waals surface area contributed by atoms with E-state index in [1.54, 1.807) is 12.1 Å². The van der Waals surface area contributed by atoms with Crippen LogP contribution in [0.15, 0.2) is 42.5 Å². The zero-order valence-corrected chi connectivity index (χ0v) is 12.1. The predicted octanol–water partition coefficient (Wildman–Crippen LogP) is 5.17. The van der Waals surface area contributed by atoms with Crippen molar-refractivity contribution >= 4 is 22.6 Å². The smallest absolute Gasteiger partial charge is 0.406 e. The van der Waals surface area contributed by atoms with Gasteiger partial charge < -0.3 is 4.74 Å². The lowest BCUT2D eigenvalue weighted by Crippen LogP contribution is -2.16. The van der Waals surface area contributed by atoms with E-state index in [0.717, 1.165) is 20.3 Å². The Morgan fingerprint density at radius 1 is 0.947 bits per heavy atom. The standard InChI is InChI=1S/C14H10F3IO/c1-9-6-11(8-12(18)7-9)10-2-4-13(5-3-10)19-14(15,16)17/h2-8H,1H3. The van der Waals surface area contributed by atoms with Gasteiger partial charge in [0.25, 0.3) is 0 Å². The number of benzene rings is 2. The fraction of sp³-hybridized carbons (Fsp3) is 0.143. The van der Waals surface area contributed by atoms with E-state index in [4.69, 9.17) is 0 Å². The van der Waals surface area contributed by atoms with Crippen LogP contribution in [0.25, 0.3) is 11.1 Å². The summed E-state index contributed by atoms with van der Waals surface area (Å²) >= 11 is 2.21. The van der Waals surface area contributed by atoms with Crippen LogP contribution in [0.3, 0.4) is 0 Å². The lowest BCUT2D eigenvalue weighted by molar-refractivity contribution is -0.274. The summed E-state index contributed by atoms with van der Waals surface area (Å²) in [7, 11) is 0.